The van der Waals surface area contributed by atoms with E-state index in [9.17, 15) is 9.59 Å². The number of piperidine rings is 1. The number of carbonyl (C=O) groups excluding carboxylic acids is 2. The zero-order valence-corrected chi connectivity index (χ0v) is 12.3. The molecule has 0 radical (unpaired) electrons. The molecule has 0 aliphatic carbocycles. The predicted octanol–water partition coefficient (Wildman–Crippen LogP) is 1.18. The average molecular weight is 270 g/mol. The molecule has 1 aliphatic rings. The van der Waals surface area contributed by atoms with Crippen molar-refractivity contribution in [1.29, 1.82) is 0 Å². The average Bonchev–Trinajstić information content (AvgIpc) is 2.37. The number of ether oxygens (including phenoxy) is 1. The van der Waals surface area contributed by atoms with E-state index in [1.807, 2.05) is 13.8 Å². The molecule has 5 heteroatoms. The normalized spacial score (nSPS) is 16.4. The zero-order valence-electron chi connectivity index (χ0n) is 12.3. The molecule has 0 saturated carbocycles. The summed E-state index contributed by atoms with van der Waals surface area (Å²) in [5.74, 6) is 0.182. The van der Waals surface area contributed by atoms with Crippen molar-refractivity contribution in [2.75, 3.05) is 26.2 Å². The van der Waals surface area contributed by atoms with Gasteiger partial charge in [0, 0.05) is 12.5 Å². The lowest BCUT2D eigenvalue weighted by molar-refractivity contribution is -0.150. The lowest BCUT2D eigenvalue weighted by Gasteiger charge is -2.29. The summed E-state index contributed by atoms with van der Waals surface area (Å²) in [6, 6.07) is 0.0265. The molecule has 0 aromatic rings. The summed E-state index contributed by atoms with van der Waals surface area (Å²) in [5, 5.41) is 3.29. The minimum absolute atomic E-state index is 0.0265. The Hall–Kier alpha value is -1.10. The molecule has 0 aromatic heterocycles. The summed E-state index contributed by atoms with van der Waals surface area (Å²) in [5.41, 5.74) is 0. The minimum Gasteiger partial charge on any atom is -0.465 e. The SMILES string of the molecule is CCOC(=O)CN(C(=O)CC1CCNCC1)C(C)C. The van der Waals surface area contributed by atoms with Crippen molar-refractivity contribution in [3.63, 3.8) is 0 Å². The molecule has 0 atom stereocenters. The highest BCUT2D eigenvalue weighted by Gasteiger charge is 2.24. The molecule has 0 aromatic carbocycles. The molecule has 1 amide bonds. The van der Waals surface area contributed by atoms with Crippen LogP contribution in [0.2, 0.25) is 0 Å². The summed E-state index contributed by atoms with van der Waals surface area (Å²) in [6.07, 6.45) is 2.62. The smallest absolute Gasteiger partial charge is 0.325 e. The van der Waals surface area contributed by atoms with E-state index < -0.39 is 0 Å². The van der Waals surface area contributed by atoms with Crippen molar-refractivity contribution in [1.82, 2.24) is 10.2 Å². The molecule has 1 saturated heterocycles. The van der Waals surface area contributed by atoms with Gasteiger partial charge in [-0.05, 0) is 52.6 Å². The maximum absolute atomic E-state index is 12.3. The highest BCUT2D eigenvalue weighted by Crippen LogP contribution is 2.18. The Kier molecular flexibility index (Phi) is 6.84. The summed E-state index contributed by atoms with van der Waals surface area (Å²) in [6.45, 7) is 8.02. The molecule has 1 fully saturated rings. The molecule has 5 nitrogen and oxygen atoms in total. The van der Waals surface area contributed by atoms with Crippen molar-refractivity contribution in [2.24, 2.45) is 5.92 Å². The quantitative estimate of drug-likeness (QED) is 0.736. The van der Waals surface area contributed by atoms with Crippen molar-refractivity contribution >= 4 is 11.9 Å². The maximum Gasteiger partial charge on any atom is 0.325 e. The van der Waals surface area contributed by atoms with Crippen LogP contribution in [0.1, 0.15) is 40.0 Å². The van der Waals surface area contributed by atoms with Gasteiger partial charge in [0.25, 0.3) is 0 Å². The van der Waals surface area contributed by atoms with Gasteiger partial charge in [0.15, 0.2) is 0 Å². The first-order valence-electron chi connectivity index (χ1n) is 7.20. The molecule has 1 heterocycles. The molecule has 0 bridgehead atoms. The Morgan fingerprint density at radius 1 is 1.32 bits per heavy atom. The van der Waals surface area contributed by atoms with Crippen LogP contribution in [0, 0.1) is 5.92 Å². The van der Waals surface area contributed by atoms with E-state index in [4.69, 9.17) is 4.74 Å². The first-order valence-corrected chi connectivity index (χ1v) is 7.20. The summed E-state index contributed by atoms with van der Waals surface area (Å²) >= 11 is 0. The molecule has 19 heavy (non-hydrogen) atoms. The van der Waals surface area contributed by atoms with Crippen LogP contribution in [-0.4, -0.2) is 49.1 Å². The van der Waals surface area contributed by atoms with E-state index in [1.165, 1.54) is 0 Å². The highest BCUT2D eigenvalue weighted by atomic mass is 16.5. The van der Waals surface area contributed by atoms with Crippen LogP contribution in [0.5, 0.6) is 0 Å². The van der Waals surface area contributed by atoms with Crippen molar-refractivity contribution in [3.8, 4) is 0 Å². The number of nitrogens with zero attached hydrogens (tertiary/aromatic N) is 1. The first-order chi connectivity index (χ1) is 9.04. The van der Waals surface area contributed by atoms with E-state index in [0.717, 1.165) is 25.9 Å². The number of hydrogen-bond donors (Lipinski definition) is 1. The zero-order chi connectivity index (χ0) is 14.3. The third-order valence-electron chi connectivity index (χ3n) is 3.47. The fourth-order valence-electron chi connectivity index (χ4n) is 2.35. The third-order valence-corrected chi connectivity index (χ3v) is 3.47. The Bertz CT molecular complexity index is 299. The van der Waals surface area contributed by atoms with E-state index in [0.29, 0.717) is 18.9 Å². The summed E-state index contributed by atoms with van der Waals surface area (Å²) < 4.78 is 4.92. The summed E-state index contributed by atoms with van der Waals surface area (Å²) in [4.78, 5) is 25.4. The molecular formula is C14H26N2O3. The van der Waals surface area contributed by atoms with Gasteiger partial charge in [-0.2, -0.15) is 0 Å². The van der Waals surface area contributed by atoms with E-state index in [1.54, 1.807) is 11.8 Å². The van der Waals surface area contributed by atoms with Gasteiger partial charge in [0.2, 0.25) is 5.91 Å². The fraction of sp³-hybridized carbons (Fsp3) is 0.857. The standard InChI is InChI=1S/C14H26N2O3/c1-4-19-14(18)10-16(11(2)3)13(17)9-12-5-7-15-8-6-12/h11-12,15H,4-10H2,1-3H3. The molecule has 110 valence electrons. The number of hydrogen-bond acceptors (Lipinski definition) is 4. The lowest BCUT2D eigenvalue weighted by atomic mass is 9.94. The Morgan fingerprint density at radius 2 is 1.95 bits per heavy atom. The number of esters is 1. The molecule has 1 rings (SSSR count). The fourth-order valence-corrected chi connectivity index (χ4v) is 2.35. The van der Waals surface area contributed by atoms with Crippen LogP contribution in [-0.2, 0) is 14.3 Å². The Morgan fingerprint density at radius 3 is 2.47 bits per heavy atom. The molecule has 0 spiro atoms. The summed E-state index contributed by atoms with van der Waals surface area (Å²) in [7, 11) is 0. The second-order valence-corrected chi connectivity index (χ2v) is 5.32. The number of nitrogens with one attached hydrogen (secondary N) is 1. The van der Waals surface area contributed by atoms with Gasteiger partial charge in [-0.3, -0.25) is 9.59 Å². The molecule has 0 unspecified atom stereocenters. The van der Waals surface area contributed by atoms with Crippen molar-refractivity contribution < 1.29 is 14.3 Å². The number of rotatable bonds is 6. The Balaban J connectivity index is 2.49. The number of carbonyl (C=O) groups is 2. The van der Waals surface area contributed by atoms with Gasteiger partial charge < -0.3 is 15.0 Å². The predicted molar refractivity (Wildman–Crippen MR) is 73.7 cm³/mol. The van der Waals surface area contributed by atoms with Gasteiger partial charge in [0.05, 0.1) is 6.61 Å². The van der Waals surface area contributed by atoms with Gasteiger partial charge in [0.1, 0.15) is 6.54 Å². The van der Waals surface area contributed by atoms with E-state index >= 15 is 0 Å². The van der Waals surface area contributed by atoms with Crippen LogP contribution in [0.3, 0.4) is 0 Å². The largest absolute Gasteiger partial charge is 0.465 e. The molecule has 1 aliphatic heterocycles. The van der Waals surface area contributed by atoms with Crippen LogP contribution >= 0.6 is 0 Å². The van der Waals surface area contributed by atoms with Crippen molar-refractivity contribution in [2.45, 2.75) is 46.1 Å². The first kappa shape index (κ1) is 16.0. The molecule has 1 N–H and O–H groups in total. The van der Waals surface area contributed by atoms with Gasteiger partial charge in [-0.1, -0.05) is 0 Å². The van der Waals surface area contributed by atoms with Crippen LogP contribution in [0.15, 0.2) is 0 Å². The molecular weight excluding hydrogens is 244 g/mol. The van der Waals surface area contributed by atoms with E-state index in [2.05, 4.69) is 5.32 Å². The van der Waals surface area contributed by atoms with Crippen LogP contribution < -0.4 is 5.32 Å². The highest BCUT2D eigenvalue weighted by molar-refractivity contribution is 5.82. The Labute approximate surface area is 115 Å². The topological polar surface area (TPSA) is 58.6 Å². The third kappa shape index (κ3) is 5.59. The minimum atomic E-state index is -0.324. The van der Waals surface area contributed by atoms with E-state index in [-0.39, 0.29) is 24.5 Å². The lowest BCUT2D eigenvalue weighted by Crippen LogP contribution is -2.42. The van der Waals surface area contributed by atoms with Gasteiger partial charge in [-0.25, -0.2) is 0 Å². The van der Waals surface area contributed by atoms with Gasteiger partial charge in [-0.15, -0.1) is 0 Å². The van der Waals surface area contributed by atoms with Crippen LogP contribution in [0.25, 0.3) is 0 Å². The van der Waals surface area contributed by atoms with Crippen molar-refractivity contribution in [3.05, 3.63) is 0 Å². The monoisotopic (exact) mass is 270 g/mol. The van der Waals surface area contributed by atoms with Crippen LogP contribution in [0.4, 0.5) is 0 Å². The number of amides is 1. The second kappa shape index (κ2) is 8.15. The van der Waals surface area contributed by atoms with Gasteiger partial charge >= 0.3 is 5.97 Å². The second-order valence-electron chi connectivity index (χ2n) is 5.32. The maximum atomic E-state index is 12.3.